The van der Waals surface area contributed by atoms with Gasteiger partial charge in [-0.3, -0.25) is 19.7 Å². The van der Waals surface area contributed by atoms with Crippen molar-refractivity contribution in [3.8, 4) is 0 Å². The van der Waals surface area contributed by atoms with Crippen LogP contribution in [0.15, 0.2) is 177 Å². The van der Waals surface area contributed by atoms with Crippen molar-refractivity contribution >= 4 is 105 Å². The first-order valence-corrected chi connectivity index (χ1v) is 41.8. The number of urea groups is 3. The van der Waals surface area contributed by atoms with E-state index in [1.54, 1.807) is 88.1 Å². The standard InChI is InChI=1S/2C29H29Cl2F4N5O.C28H28Cl2F4N6O/c1-37(16-19-2-4-23(26(32)14-19)29(33,34)35)27-18-40(17-22(27)20-3-5-24(30)25(31)15-20)28(41)39-12-10-38(11-13-39)21-6-8-36-9-7-21;1-37(16-19-5-7-22(25(32)14-19)29(33,34)35)26-18-40(17-21(26)20-6-8-23(30)24(31)15-20)28(41)39-12-10-38(11-13-39)27-4-2-3-9-36-27;1-37(15-18-3-5-21(24(31)13-18)28(32,33)34)25-17-40(16-20(25)19-4-6-22(29)23(30)14-19)27(41)39-11-9-38(10-12-39)26-35-7-2-8-36-26/h2-9,14-15,22,27H,10-13,16-18H2,1H3;2-9,14-15,21,26H,10-13,16-18H2,1H3;2-8,13-14,20,25H,9-12,15-17H2,1H3. The summed E-state index contributed by atoms with van der Waals surface area (Å²) in [5.41, 5.74) is 1.06. The zero-order valence-electron chi connectivity index (χ0n) is 66.7. The lowest BCUT2D eigenvalue weighted by Crippen LogP contribution is -2.53. The number of hydrogen-bond donors (Lipinski definition) is 0. The van der Waals surface area contributed by atoms with Crippen LogP contribution in [0.4, 0.5) is 84.5 Å². The number of alkyl halides is 9. The van der Waals surface area contributed by atoms with Crippen LogP contribution in [0, 0.1) is 17.5 Å². The fourth-order valence-corrected chi connectivity index (χ4v) is 17.7. The number of carbonyl (C=O) groups is 3. The van der Waals surface area contributed by atoms with E-state index < -0.39 is 52.7 Å². The third-order valence-electron chi connectivity index (χ3n) is 23.3. The second-order valence-corrected chi connectivity index (χ2v) is 33.6. The van der Waals surface area contributed by atoms with Crippen LogP contribution in [-0.2, 0) is 38.2 Å². The van der Waals surface area contributed by atoms with Gasteiger partial charge < -0.3 is 44.1 Å². The summed E-state index contributed by atoms with van der Waals surface area (Å²) in [5, 5.41) is 2.42. The Morgan fingerprint density at radius 3 is 0.984 bits per heavy atom. The lowest BCUT2D eigenvalue weighted by atomic mass is 9.93. The normalized spacial score (nSPS) is 19.8. The molecule has 0 spiro atoms. The molecule has 6 aromatic carbocycles. The Kier molecular flexibility index (Phi) is 29.3. The Morgan fingerprint density at radius 2 is 0.675 bits per heavy atom. The number of rotatable bonds is 15. The number of hydrogen-bond acceptors (Lipinski definition) is 13. The first-order chi connectivity index (χ1) is 58.5. The van der Waals surface area contributed by atoms with E-state index in [-0.39, 0.29) is 73.6 Å². The van der Waals surface area contributed by atoms with Gasteiger partial charge >= 0.3 is 36.6 Å². The van der Waals surface area contributed by atoms with Crippen LogP contribution in [0.5, 0.6) is 0 Å². The molecular formula is C86H86Cl6F12N16O3. The highest BCUT2D eigenvalue weighted by atomic mass is 35.5. The smallest absolute Gasteiger partial charge is 0.368 e. The van der Waals surface area contributed by atoms with Crippen LogP contribution >= 0.6 is 69.6 Å². The largest absolute Gasteiger partial charge is 0.419 e. The number of carbonyl (C=O) groups excluding carboxylic acids is 3. The summed E-state index contributed by atoms with van der Waals surface area (Å²) in [6, 6.07) is 35.6. The third kappa shape index (κ3) is 22.3. The molecule has 6 atom stereocenters. The van der Waals surface area contributed by atoms with Gasteiger partial charge in [0.2, 0.25) is 5.95 Å². The molecule has 9 heterocycles. The molecule has 0 saturated carbocycles. The molecule has 19 nitrogen and oxygen atoms in total. The number of anilines is 3. The predicted molar refractivity (Wildman–Crippen MR) is 450 cm³/mol. The van der Waals surface area contributed by atoms with E-state index >= 15 is 0 Å². The minimum Gasteiger partial charge on any atom is -0.368 e. The quantitative estimate of drug-likeness (QED) is 0.0900. The van der Waals surface area contributed by atoms with Gasteiger partial charge in [0.15, 0.2) is 0 Å². The Balaban J connectivity index is 0.000000159. The van der Waals surface area contributed by atoms with Crippen molar-refractivity contribution < 1.29 is 67.1 Å². The van der Waals surface area contributed by atoms with E-state index in [4.69, 9.17) is 69.6 Å². The minimum atomic E-state index is -4.76. The van der Waals surface area contributed by atoms with E-state index in [0.717, 1.165) is 64.6 Å². The number of aromatic nitrogens is 4. The number of nitrogens with zero attached hydrogens (tertiary/aromatic N) is 16. The van der Waals surface area contributed by atoms with Crippen LogP contribution in [0.1, 0.15) is 67.8 Å². The minimum absolute atomic E-state index is 0.0686. The first-order valence-electron chi connectivity index (χ1n) is 39.5. The van der Waals surface area contributed by atoms with Gasteiger partial charge in [0.25, 0.3) is 0 Å². The number of benzene rings is 6. The average Bonchev–Trinajstić information content (AvgIpc) is 1.70. The third-order valence-corrected chi connectivity index (χ3v) is 25.5. The van der Waals surface area contributed by atoms with Gasteiger partial charge in [-0.2, -0.15) is 39.5 Å². The van der Waals surface area contributed by atoms with Crippen LogP contribution < -0.4 is 14.7 Å². The van der Waals surface area contributed by atoms with Crippen molar-refractivity contribution in [2.75, 3.05) is 154 Å². The van der Waals surface area contributed by atoms with Gasteiger partial charge in [-0.25, -0.2) is 42.5 Å². The van der Waals surface area contributed by atoms with E-state index in [0.29, 0.717) is 171 Å². The number of pyridine rings is 2. The van der Waals surface area contributed by atoms with Crippen molar-refractivity contribution in [1.82, 2.24) is 64.0 Å². The monoisotopic (exact) mass is 1830 g/mol. The Labute approximate surface area is 733 Å². The molecule has 0 N–H and O–H groups in total. The molecule has 6 aliphatic rings. The van der Waals surface area contributed by atoms with E-state index in [2.05, 4.69) is 29.7 Å². The molecule has 123 heavy (non-hydrogen) atoms. The second kappa shape index (κ2) is 39.5. The van der Waals surface area contributed by atoms with Gasteiger partial charge in [0.1, 0.15) is 23.3 Å². The molecular weight excluding hydrogens is 1750 g/mol. The highest BCUT2D eigenvalue weighted by molar-refractivity contribution is 6.43. The van der Waals surface area contributed by atoms with Crippen molar-refractivity contribution in [3.05, 3.63) is 274 Å². The summed E-state index contributed by atoms with van der Waals surface area (Å²) in [5.74, 6) is -2.87. The highest BCUT2D eigenvalue weighted by Gasteiger charge is 2.46. The number of amides is 6. The number of likely N-dealkylation sites (N-methyl/N-ethyl adjacent to an activating group) is 3. The summed E-state index contributed by atoms with van der Waals surface area (Å²) >= 11 is 37.4. The van der Waals surface area contributed by atoms with Crippen molar-refractivity contribution in [2.45, 2.75) is 74.0 Å². The Hall–Kier alpha value is -9.31. The fourth-order valence-electron chi connectivity index (χ4n) is 16.8. The molecule has 37 heteroatoms. The number of halogens is 18. The summed E-state index contributed by atoms with van der Waals surface area (Å²) in [7, 11) is 5.47. The number of likely N-dealkylation sites (tertiary alicyclic amines) is 3. The zero-order chi connectivity index (χ0) is 87.9. The topological polar surface area (TPSA) is 142 Å². The molecule has 9 aromatic rings. The molecule has 0 bridgehead atoms. The fraction of sp³-hybridized carbons (Fsp3) is 0.384. The van der Waals surface area contributed by atoms with Crippen molar-refractivity contribution in [3.63, 3.8) is 0 Å². The maximum Gasteiger partial charge on any atom is 0.419 e. The van der Waals surface area contributed by atoms with Crippen molar-refractivity contribution in [2.24, 2.45) is 0 Å². The first kappa shape index (κ1) is 91.4. The van der Waals surface area contributed by atoms with Gasteiger partial charge in [0, 0.05) is 210 Å². The molecule has 6 amide bonds. The highest BCUT2D eigenvalue weighted by Crippen LogP contribution is 2.42. The Morgan fingerprint density at radius 1 is 0.350 bits per heavy atom. The summed E-state index contributed by atoms with van der Waals surface area (Å²) in [6.45, 7) is 10.2. The lowest BCUT2D eigenvalue weighted by Gasteiger charge is -2.37. The van der Waals surface area contributed by atoms with Gasteiger partial charge in [-0.1, -0.05) is 112 Å². The van der Waals surface area contributed by atoms with Gasteiger partial charge in [-0.05, 0) is 158 Å². The molecule has 15 rings (SSSR count). The van der Waals surface area contributed by atoms with Crippen LogP contribution in [0.3, 0.4) is 0 Å². The van der Waals surface area contributed by atoms with Crippen LogP contribution in [-0.4, -0.2) is 239 Å². The van der Waals surface area contributed by atoms with Crippen molar-refractivity contribution in [1.29, 1.82) is 0 Å². The van der Waals surface area contributed by atoms with E-state index in [9.17, 15) is 67.1 Å². The average molecular weight is 1830 g/mol. The van der Waals surface area contributed by atoms with Gasteiger partial charge in [0.05, 0.1) is 46.8 Å². The Bertz CT molecular complexity index is 4660. The molecule has 654 valence electrons. The predicted octanol–water partition coefficient (Wildman–Crippen LogP) is 18.6. The zero-order valence-corrected chi connectivity index (χ0v) is 71.3. The SMILES string of the molecule is CN(Cc1ccc(C(F)(F)F)c(F)c1)C1CN(C(=O)N2CCN(c3ccccn3)CC2)CC1c1ccc(Cl)c(Cl)c1.CN(Cc1ccc(C(F)(F)F)c(F)c1)C1CN(C(=O)N2CCN(c3ccncc3)CC2)CC1c1ccc(Cl)c(Cl)c1.CN(Cc1ccc(C(F)(F)F)c(F)c1)C1CN(C(=O)N2CCN(c3ncccn3)CC2)CC1c1ccc(Cl)c(Cl)c1. The summed E-state index contributed by atoms with van der Waals surface area (Å²) in [6.07, 6.45) is -5.68. The maximum absolute atomic E-state index is 14.3. The van der Waals surface area contributed by atoms with E-state index in [1.165, 1.54) is 18.2 Å². The maximum atomic E-state index is 14.3. The summed E-state index contributed by atoms with van der Waals surface area (Å²) in [4.78, 5) is 81.1. The molecule has 3 aromatic heterocycles. The molecule has 0 radical (unpaired) electrons. The van der Waals surface area contributed by atoms with Crippen LogP contribution in [0.25, 0.3) is 0 Å². The van der Waals surface area contributed by atoms with Crippen LogP contribution in [0.2, 0.25) is 30.1 Å². The van der Waals surface area contributed by atoms with E-state index in [1.807, 2.05) is 104 Å². The second-order valence-electron chi connectivity index (χ2n) is 31.2. The van der Waals surface area contributed by atoms with Gasteiger partial charge in [-0.15, -0.1) is 0 Å². The summed E-state index contributed by atoms with van der Waals surface area (Å²) < 4.78 is 160. The molecule has 6 aliphatic heterocycles. The lowest BCUT2D eigenvalue weighted by molar-refractivity contribution is -0.140. The molecule has 6 unspecified atom stereocenters. The molecule has 6 saturated heterocycles. The molecule has 0 aliphatic carbocycles. The number of piperazine rings is 3. The molecule has 6 fully saturated rings.